The number of Topliss-reactive ketones (excluding diaryl/α,β-unsaturated/α-hetero) is 1. The molecule has 0 unspecified atom stereocenters. The van der Waals surface area contributed by atoms with E-state index in [2.05, 4.69) is 18.8 Å². The first-order chi connectivity index (χ1) is 8.18. The second-order valence-corrected chi connectivity index (χ2v) is 4.62. The predicted octanol–water partition coefficient (Wildman–Crippen LogP) is 2.65. The maximum atomic E-state index is 11.6. The van der Waals surface area contributed by atoms with Crippen molar-refractivity contribution in [1.82, 2.24) is 4.98 Å². The molecule has 1 aromatic heterocycles. The summed E-state index contributed by atoms with van der Waals surface area (Å²) in [5, 5.41) is 0. The summed E-state index contributed by atoms with van der Waals surface area (Å²) in [7, 11) is 0. The van der Waals surface area contributed by atoms with E-state index in [4.69, 9.17) is 4.74 Å². The van der Waals surface area contributed by atoms with E-state index < -0.39 is 0 Å². The zero-order chi connectivity index (χ0) is 12.5. The molecular formula is C14H21NO2. The molecule has 0 aromatic carbocycles. The first-order valence-corrected chi connectivity index (χ1v) is 6.17. The van der Waals surface area contributed by atoms with E-state index in [-0.39, 0.29) is 5.78 Å². The molecule has 0 aliphatic heterocycles. The summed E-state index contributed by atoms with van der Waals surface area (Å²) >= 11 is 0. The molecule has 3 heteroatoms. The molecule has 0 atom stereocenters. The summed E-state index contributed by atoms with van der Waals surface area (Å²) in [5.74, 6) is 0.864. The molecule has 0 bridgehead atoms. The fourth-order valence-corrected chi connectivity index (χ4v) is 1.43. The smallest absolute Gasteiger partial charge is 0.139 e. The van der Waals surface area contributed by atoms with Gasteiger partial charge in [-0.25, -0.2) is 0 Å². The fraction of sp³-hybridized carbons (Fsp3) is 0.571. The molecule has 0 saturated heterocycles. The van der Waals surface area contributed by atoms with Crippen LogP contribution >= 0.6 is 0 Å². The summed E-state index contributed by atoms with van der Waals surface area (Å²) < 4.78 is 5.42. The Morgan fingerprint density at radius 2 is 2.24 bits per heavy atom. The molecule has 0 aliphatic rings. The fourth-order valence-electron chi connectivity index (χ4n) is 1.43. The van der Waals surface area contributed by atoms with Gasteiger partial charge in [0.2, 0.25) is 0 Å². The highest BCUT2D eigenvalue weighted by atomic mass is 16.5. The van der Waals surface area contributed by atoms with Gasteiger partial charge in [-0.1, -0.05) is 19.9 Å². The Kier molecular flexibility index (Phi) is 6.48. The molecule has 1 aromatic rings. The average molecular weight is 235 g/mol. The Morgan fingerprint density at radius 3 is 2.88 bits per heavy atom. The highest BCUT2D eigenvalue weighted by molar-refractivity contribution is 5.80. The van der Waals surface area contributed by atoms with E-state index in [9.17, 15) is 4.79 Å². The normalized spacial score (nSPS) is 10.8. The second kappa shape index (κ2) is 7.96. The van der Waals surface area contributed by atoms with E-state index in [0.717, 1.165) is 18.6 Å². The van der Waals surface area contributed by atoms with Crippen molar-refractivity contribution in [2.45, 2.75) is 33.1 Å². The van der Waals surface area contributed by atoms with Crippen molar-refractivity contribution in [3.63, 3.8) is 0 Å². The number of ether oxygens (including phenoxy) is 1. The van der Waals surface area contributed by atoms with Crippen LogP contribution in [0.15, 0.2) is 24.5 Å². The summed E-state index contributed by atoms with van der Waals surface area (Å²) in [6.07, 6.45) is 5.45. The van der Waals surface area contributed by atoms with Gasteiger partial charge >= 0.3 is 0 Å². The molecule has 0 fully saturated rings. The van der Waals surface area contributed by atoms with Crippen LogP contribution in [-0.2, 0) is 16.0 Å². The van der Waals surface area contributed by atoms with Crippen LogP contribution in [-0.4, -0.2) is 24.0 Å². The number of aromatic nitrogens is 1. The third kappa shape index (κ3) is 6.84. The van der Waals surface area contributed by atoms with Gasteiger partial charge < -0.3 is 4.74 Å². The van der Waals surface area contributed by atoms with E-state index in [1.54, 1.807) is 12.4 Å². The number of carbonyl (C=O) groups is 1. The van der Waals surface area contributed by atoms with Crippen molar-refractivity contribution < 1.29 is 9.53 Å². The second-order valence-electron chi connectivity index (χ2n) is 4.62. The Hall–Kier alpha value is -1.22. The molecule has 3 nitrogen and oxygen atoms in total. The third-order valence-corrected chi connectivity index (χ3v) is 2.49. The molecule has 0 aliphatic carbocycles. The van der Waals surface area contributed by atoms with Crippen LogP contribution in [0, 0.1) is 5.92 Å². The number of rotatable bonds is 8. The number of ketones is 1. The minimum Gasteiger partial charge on any atom is -0.381 e. The van der Waals surface area contributed by atoms with Crippen LogP contribution in [0.4, 0.5) is 0 Å². The number of nitrogens with zero attached hydrogens (tertiary/aromatic N) is 1. The van der Waals surface area contributed by atoms with Gasteiger partial charge in [0, 0.05) is 31.8 Å². The van der Waals surface area contributed by atoms with Gasteiger partial charge in [0.05, 0.1) is 6.61 Å². The van der Waals surface area contributed by atoms with Gasteiger partial charge in [0.15, 0.2) is 0 Å². The van der Waals surface area contributed by atoms with Crippen LogP contribution in [0.3, 0.4) is 0 Å². The summed E-state index contributed by atoms with van der Waals surface area (Å²) in [6.45, 7) is 5.61. The average Bonchev–Trinajstić information content (AvgIpc) is 2.29. The molecule has 0 spiro atoms. The molecule has 0 radical (unpaired) electrons. The quantitative estimate of drug-likeness (QED) is 0.650. The highest BCUT2D eigenvalue weighted by Gasteiger charge is 2.03. The molecular weight excluding hydrogens is 214 g/mol. The van der Waals surface area contributed by atoms with Crippen LogP contribution in [0.2, 0.25) is 0 Å². The first-order valence-electron chi connectivity index (χ1n) is 6.17. The lowest BCUT2D eigenvalue weighted by Crippen LogP contribution is -2.08. The minimum absolute atomic E-state index is 0.211. The Morgan fingerprint density at radius 1 is 1.41 bits per heavy atom. The maximum Gasteiger partial charge on any atom is 0.139 e. The molecule has 0 amide bonds. The standard InChI is InChI=1S/C14H21NO2/c1-12(2)5-8-17-9-6-14(16)10-13-4-3-7-15-11-13/h3-4,7,11-12H,5-6,8-10H2,1-2H3. The van der Waals surface area contributed by atoms with Crippen LogP contribution < -0.4 is 0 Å². The third-order valence-electron chi connectivity index (χ3n) is 2.49. The molecule has 17 heavy (non-hydrogen) atoms. The molecule has 94 valence electrons. The topological polar surface area (TPSA) is 39.2 Å². The molecule has 1 heterocycles. The molecule has 0 N–H and O–H groups in total. The lowest BCUT2D eigenvalue weighted by molar-refractivity contribution is -0.119. The van der Waals surface area contributed by atoms with Crippen molar-refractivity contribution in [2.24, 2.45) is 5.92 Å². The number of hydrogen-bond donors (Lipinski definition) is 0. The van der Waals surface area contributed by atoms with E-state index in [0.29, 0.717) is 25.4 Å². The zero-order valence-electron chi connectivity index (χ0n) is 10.7. The Balaban J connectivity index is 2.10. The maximum absolute atomic E-state index is 11.6. The largest absolute Gasteiger partial charge is 0.381 e. The van der Waals surface area contributed by atoms with Crippen LogP contribution in [0.5, 0.6) is 0 Å². The Labute approximate surface area is 103 Å². The van der Waals surface area contributed by atoms with E-state index in [1.807, 2.05) is 12.1 Å². The Bertz CT molecular complexity index is 322. The van der Waals surface area contributed by atoms with E-state index in [1.165, 1.54) is 0 Å². The predicted molar refractivity (Wildman–Crippen MR) is 67.8 cm³/mol. The monoisotopic (exact) mass is 235 g/mol. The van der Waals surface area contributed by atoms with Gasteiger partial charge in [-0.2, -0.15) is 0 Å². The van der Waals surface area contributed by atoms with Gasteiger partial charge in [-0.3, -0.25) is 9.78 Å². The number of carbonyl (C=O) groups excluding carboxylic acids is 1. The van der Waals surface area contributed by atoms with Crippen molar-refractivity contribution in [2.75, 3.05) is 13.2 Å². The lowest BCUT2D eigenvalue weighted by Gasteiger charge is -2.05. The highest BCUT2D eigenvalue weighted by Crippen LogP contribution is 2.02. The summed E-state index contributed by atoms with van der Waals surface area (Å²) in [6, 6.07) is 3.77. The summed E-state index contributed by atoms with van der Waals surface area (Å²) in [4.78, 5) is 15.6. The van der Waals surface area contributed by atoms with E-state index >= 15 is 0 Å². The van der Waals surface area contributed by atoms with Crippen LogP contribution in [0.1, 0.15) is 32.3 Å². The number of hydrogen-bond acceptors (Lipinski definition) is 3. The minimum atomic E-state index is 0.211. The zero-order valence-corrected chi connectivity index (χ0v) is 10.7. The van der Waals surface area contributed by atoms with Gasteiger partial charge in [0.25, 0.3) is 0 Å². The van der Waals surface area contributed by atoms with Gasteiger partial charge in [0.1, 0.15) is 5.78 Å². The van der Waals surface area contributed by atoms with Crippen LogP contribution in [0.25, 0.3) is 0 Å². The number of pyridine rings is 1. The van der Waals surface area contributed by atoms with Crippen molar-refractivity contribution >= 4 is 5.78 Å². The van der Waals surface area contributed by atoms with Gasteiger partial charge in [-0.05, 0) is 24.0 Å². The summed E-state index contributed by atoms with van der Waals surface area (Å²) in [5.41, 5.74) is 0.972. The van der Waals surface area contributed by atoms with Crippen molar-refractivity contribution in [3.8, 4) is 0 Å². The van der Waals surface area contributed by atoms with Crippen molar-refractivity contribution in [1.29, 1.82) is 0 Å². The van der Waals surface area contributed by atoms with Crippen molar-refractivity contribution in [3.05, 3.63) is 30.1 Å². The molecule has 1 rings (SSSR count). The first kappa shape index (κ1) is 13.8. The molecule has 0 saturated carbocycles. The SMILES string of the molecule is CC(C)CCOCCC(=O)Cc1cccnc1. The lowest BCUT2D eigenvalue weighted by atomic mass is 10.1. The van der Waals surface area contributed by atoms with Gasteiger partial charge in [-0.15, -0.1) is 0 Å².